The van der Waals surface area contributed by atoms with Crippen LogP contribution in [-0.4, -0.2) is 56.8 Å². The molecule has 2 aliphatic heterocycles. The van der Waals surface area contributed by atoms with E-state index in [-0.39, 0.29) is 17.5 Å². The maximum Gasteiger partial charge on any atom is 0.312 e. The molecule has 3 fully saturated rings. The Morgan fingerprint density at radius 3 is 2.60 bits per heavy atom. The molecule has 25 heavy (non-hydrogen) atoms. The van der Waals surface area contributed by atoms with E-state index in [1.807, 2.05) is 12.1 Å². The van der Waals surface area contributed by atoms with Crippen molar-refractivity contribution in [3.63, 3.8) is 0 Å². The quantitative estimate of drug-likeness (QED) is 0.768. The Bertz CT molecular complexity index is 621. The number of hydrogen-bond donors (Lipinski definition) is 0. The van der Waals surface area contributed by atoms with E-state index in [0.717, 1.165) is 64.2 Å². The summed E-state index contributed by atoms with van der Waals surface area (Å²) in [6.07, 6.45) is 5.34. The first-order valence-electron chi connectivity index (χ1n) is 9.52. The summed E-state index contributed by atoms with van der Waals surface area (Å²) in [5.74, 6) is 1.02. The molecule has 1 aliphatic carbocycles. The minimum Gasteiger partial charge on any atom is -0.495 e. The van der Waals surface area contributed by atoms with E-state index in [9.17, 15) is 4.79 Å². The van der Waals surface area contributed by atoms with Crippen molar-refractivity contribution in [3.05, 3.63) is 24.3 Å². The van der Waals surface area contributed by atoms with Gasteiger partial charge in [-0.1, -0.05) is 18.6 Å². The first-order valence-corrected chi connectivity index (χ1v) is 9.52. The molecule has 0 bridgehead atoms. The zero-order chi connectivity index (χ0) is 17.3. The van der Waals surface area contributed by atoms with Crippen molar-refractivity contribution >= 4 is 11.7 Å². The minimum atomic E-state index is -0.0901. The van der Waals surface area contributed by atoms with Crippen molar-refractivity contribution < 1.29 is 14.3 Å². The fourth-order valence-electron chi connectivity index (χ4n) is 4.44. The topological polar surface area (TPSA) is 42.0 Å². The van der Waals surface area contributed by atoms with Crippen molar-refractivity contribution in [1.29, 1.82) is 0 Å². The number of para-hydroxylation sites is 2. The number of piperazine rings is 1. The average molecular weight is 344 g/mol. The van der Waals surface area contributed by atoms with Gasteiger partial charge < -0.3 is 14.4 Å². The number of esters is 1. The third-order valence-corrected chi connectivity index (χ3v) is 6.20. The van der Waals surface area contributed by atoms with Crippen LogP contribution in [0, 0.1) is 5.41 Å². The largest absolute Gasteiger partial charge is 0.495 e. The number of cyclic esters (lactones) is 1. The fourth-order valence-corrected chi connectivity index (χ4v) is 4.44. The molecule has 0 aromatic heterocycles. The summed E-state index contributed by atoms with van der Waals surface area (Å²) < 4.78 is 11.1. The maximum atomic E-state index is 12.0. The van der Waals surface area contributed by atoms with E-state index in [1.165, 1.54) is 12.1 Å². The second-order valence-corrected chi connectivity index (χ2v) is 7.65. The van der Waals surface area contributed by atoms with Gasteiger partial charge in [-0.15, -0.1) is 0 Å². The predicted octanol–water partition coefficient (Wildman–Crippen LogP) is 2.69. The molecule has 0 amide bonds. The molecule has 1 aromatic carbocycles. The molecule has 0 radical (unpaired) electrons. The van der Waals surface area contributed by atoms with Gasteiger partial charge in [0.15, 0.2) is 0 Å². The fraction of sp³-hybridized carbons (Fsp3) is 0.650. The molecule has 136 valence electrons. The van der Waals surface area contributed by atoms with Gasteiger partial charge in [-0.3, -0.25) is 9.69 Å². The molecule has 1 atom stereocenters. The van der Waals surface area contributed by atoms with Crippen LogP contribution in [0.4, 0.5) is 5.69 Å². The van der Waals surface area contributed by atoms with Crippen LogP contribution in [0.5, 0.6) is 5.75 Å². The smallest absolute Gasteiger partial charge is 0.312 e. The van der Waals surface area contributed by atoms with Crippen molar-refractivity contribution in [2.75, 3.05) is 44.7 Å². The Morgan fingerprint density at radius 1 is 1.20 bits per heavy atom. The summed E-state index contributed by atoms with van der Waals surface area (Å²) in [7, 11) is 1.73. The number of nitrogens with zero attached hydrogens (tertiary/aromatic N) is 2. The zero-order valence-corrected chi connectivity index (χ0v) is 15.1. The lowest BCUT2D eigenvalue weighted by Crippen LogP contribution is -2.47. The van der Waals surface area contributed by atoms with Crippen LogP contribution < -0.4 is 9.64 Å². The SMILES string of the molecule is COc1ccccc1N1CCN(CC[C@@H]2CC3(CCC3)C(=O)O2)CC1. The van der Waals surface area contributed by atoms with Crippen LogP contribution >= 0.6 is 0 Å². The number of rotatable bonds is 5. The predicted molar refractivity (Wildman–Crippen MR) is 97.0 cm³/mol. The lowest BCUT2D eigenvalue weighted by Gasteiger charge is -2.37. The monoisotopic (exact) mass is 344 g/mol. The van der Waals surface area contributed by atoms with Crippen molar-refractivity contribution in [3.8, 4) is 5.75 Å². The van der Waals surface area contributed by atoms with E-state index in [1.54, 1.807) is 7.11 Å². The highest BCUT2D eigenvalue weighted by atomic mass is 16.6. The van der Waals surface area contributed by atoms with Gasteiger partial charge in [-0.25, -0.2) is 0 Å². The van der Waals surface area contributed by atoms with Crippen LogP contribution in [0.25, 0.3) is 0 Å². The number of hydrogen-bond acceptors (Lipinski definition) is 5. The number of carbonyl (C=O) groups is 1. The van der Waals surface area contributed by atoms with Gasteiger partial charge in [0.1, 0.15) is 11.9 Å². The highest BCUT2D eigenvalue weighted by molar-refractivity contribution is 5.80. The van der Waals surface area contributed by atoms with Crippen LogP contribution in [0.1, 0.15) is 32.1 Å². The second-order valence-electron chi connectivity index (χ2n) is 7.65. The molecule has 0 N–H and O–H groups in total. The van der Waals surface area contributed by atoms with Gasteiger partial charge in [-0.05, 0) is 31.4 Å². The van der Waals surface area contributed by atoms with Crippen LogP contribution in [0.15, 0.2) is 24.3 Å². The van der Waals surface area contributed by atoms with Gasteiger partial charge in [-0.2, -0.15) is 0 Å². The molecule has 0 unspecified atom stereocenters. The van der Waals surface area contributed by atoms with Crippen molar-refractivity contribution in [2.24, 2.45) is 5.41 Å². The Kier molecular flexibility index (Phi) is 4.59. The maximum absolute atomic E-state index is 12.0. The Morgan fingerprint density at radius 2 is 1.96 bits per heavy atom. The summed E-state index contributed by atoms with van der Waals surface area (Å²) in [6.45, 7) is 5.13. The third kappa shape index (κ3) is 3.22. The van der Waals surface area contributed by atoms with Crippen molar-refractivity contribution in [1.82, 2.24) is 4.90 Å². The first kappa shape index (κ1) is 16.7. The lowest BCUT2D eigenvalue weighted by molar-refractivity contribution is -0.152. The molecule has 1 spiro atoms. The first-order chi connectivity index (χ1) is 12.2. The van der Waals surface area contributed by atoms with Crippen LogP contribution in [0.3, 0.4) is 0 Å². The van der Waals surface area contributed by atoms with Crippen LogP contribution in [0.2, 0.25) is 0 Å². The minimum absolute atomic E-state index is 0.0738. The average Bonchev–Trinajstić information content (AvgIpc) is 2.97. The van der Waals surface area contributed by atoms with Gasteiger partial charge in [0.05, 0.1) is 18.2 Å². The Balaban J connectivity index is 1.25. The second kappa shape index (κ2) is 6.87. The molecule has 3 aliphatic rings. The highest BCUT2D eigenvalue weighted by Crippen LogP contribution is 2.50. The van der Waals surface area contributed by atoms with E-state index < -0.39 is 0 Å². The lowest BCUT2D eigenvalue weighted by atomic mass is 9.67. The van der Waals surface area contributed by atoms with E-state index in [4.69, 9.17) is 9.47 Å². The molecule has 5 heteroatoms. The molecule has 1 saturated carbocycles. The van der Waals surface area contributed by atoms with Crippen LogP contribution in [-0.2, 0) is 9.53 Å². The van der Waals surface area contributed by atoms with Gasteiger partial charge in [0.2, 0.25) is 0 Å². The molecule has 5 nitrogen and oxygen atoms in total. The molecule has 1 aromatic rings. The molecule has 2 heterocycles. The van der Waals surface area contributed by atoms with Gasteiger partial charge in [0, 0.05) is 39.1 Å². The summed E-state index contributed by atoms with van der Waals surface area (Å²) in [4.78, 5) is 16.9. The summed E-state index contributed by atoms with van der Waals surface area (Å²) >= 11 is 0. The molecule has 4 rings (SSSR count). The Labute approximate surface area is 149 Å². The molecule has 2 saturated heterocycles. The summed E-state index contributed by atoms with van der Waals surface area (Å²) in [6, 6.07) is 8.22. The molecular weight excluding hydrogens is 316 g/mol. The number of benzene rings is 1. The van der Waals surface area contributed by atoms with Gasteiger partial charge >= 0.3 is 5.97 Å². The van der Waals surface area contributed by atoms with Gasteiger partial charge in [0.25, 0.3) is 0 Å². The number of ether oxygens (including phenoxy) is 2. The van der Waals surface area contributed by atoms with Crippen molar-refractivity contribution in [2.45, 2.75) is 38.2 Å². The zero-order valence-electron chi connectivity index (χ0n) is 15.1. The third-order valence-electron chi connectivity index (χ3n) is 6.20. The van der Waals surface area contributed by atoms with E-state index >= 15 is 0 Å². The molecular formula is C20H28N2O3. The normalized spacial score (nSPS) is 25.7. The summed E-state index contributed by atoms with van der Waals surface area (Å²) in [5.41, 5.74) is 1.09. The number of carbonyl (C=O) groups excluding carboxylic acids is 1. The summed E-state index contributed by atoms with van der Waals surface area (Å²) in [5, 5.41) is 0. The number of methoxy groups -OCH3 is 1. The Hall–Kier alpha value is -1.75. The standard InChI is InChI=1S/C20H28N2O3/c1-24-18-6-3-2-5-17(18)22-13-11-21(12-14-22)10-7-16-15-20(8-4-9-20)19(23)25-16/h2-3,5-6,16H,4,7-15H2,1H3/t16-/m1/s1. The highest BCUT2D eigenvalue weighted by Gasteiger charge is 2.52. The number of anilines is 1. The van der Waals surface area contributed by atoms with E-state index in [0.29, 0.717) is 0 Å². The van der Waals surface area contributed by atoms with E-state index in [2.05, 4.69) is 21.9 Å².